The minimum absolute atomic E-state index is 0.597. The van der Waals surface area contributed by atoms with Crippen LogP contribution >= 0.6 is 11.6 Å². The molecule has 0 aliphatic carbocycles. The van der Waals surface area contributed by atoms with Gasteiger partial charge in [0.05, 0.1) is 33.8 Å². The molecule has 4 nitrogen and oxygen atoms in total. The summed E-state index contributed by atoms with van der Waals surface area (Å²) in [5.41, 5.74) is 10.0. The van der Waals surface area contributed by atoms with E-state index in [0.29, 0.717) is 10.7 Å². The van der Waals surface area contributed by atoms with E-state index in [1.165, 1.54) is 0 Å². The van der Waals surface area contributed by atoms with Crippen LogP contribution in [0.3, 0.4) is 0 Å². The Kier molecular flexibility index (Phi) is 2.57. The molecule has 3 rings (SSSR count). The van der Waals surface area contributed by atoms with Crippen molar-refractivity contribution in [2.24, 2.45) is 0 Å². The molecule has 0 fully saturated rings. The van der Waals surface area contributed by atoms with Gasteiger partial charge in [-0.2, -0.15) is 0 Å². The predicted molar refractivity (Wildman–Crippen MR) is 75.2 cm³/mol. The Labute approximate surface area is 109 Å². The van der Waals surface area contributed by atoms with Crippen LogP contribution in [0.2, 0.25) is 5.02 Å². The van der Waals surface area contributed by atoms with Gasteiger partial charge in [0.25, 0.3) is 0 Å². The summed E-state index contributed by atoms with van der Waals surface area (Å²) in [6.07, 6.45) is 1.66. The van der Waals surface area contributed by atoms with Crippen molar-refractivity contribution < 1.29 is 0 Å². The number of aromatic amines is 1. The van der Waals surface area contributed by atoms with E-state index >= 15 is 0 Å². The van der Waals surface area contributed by atoms with Gasteiger partial charge < -0.3 is 16.0 Å². The second-order valence-electron chi connectivity index (χ2n) is 3.96. The number of nitrogen functional groups attached to an aromatic ring is 1. The van der Waals surface area contributed by atoms with Crippen LogP contribution in [0.1, 0.15) is 0 Å². The number of fused-ring (bicyclic) bond motifs is 1. The lowest BCUT2D eigenvalue weighted by molar-refractivity contribution is 1.34. The molecule has 0 aliphatic rings. The van der Waals surface area contributed by atoms with Gasteiger partial charge >= 0.3 is 0 Å². The Balaban J connectivity index is 2.00. The van der Waals surface area contributed by atoms with Gasteiger partial charge in [0.2, 0.25) is 0 Å². The SMILES string of the molecule is Nc1cccc(Cl)c1Nc1ccc2nc[nH]c2c1. The quantitative estimate of drug-likeness (QED) is 0.616. The minimum Gasteiger partial charge on any atom is -0.397 e. The van der Waals surface area contributed by atoms with E-state index in [0.717, 1.165) is 22.4 Å². The third-order valence-electron chi connectivity index (χ3n) is 2.74. The highest BCUT2D eigenvalue weighted by atomic mass is 35.5. The fraction of sp³-hybridized carbons (Fsp3) is 0. The molecule has 5 heteroatoms. The lowest BCUT2D eigenvalue weighted by atomic mass is 10.2. The first-order valence-corrected chi connectivity index (χ1v) is 5.86. The van der Waals surface area contributed by atoms with Gasteiger partial charge in [0.1, 0.15) is 0 Å². The second kappa shape index (κ2) is 4.23. The van der Waals surface area contributed by atoms with Gasteiger partial charge in [0, 0.05) is 5.69 Å². The van der Waals surface area contributed by atoms with Crippen LogP contribution in [0.15, 0.2) is 42.7 Å². The molecule has 3 aromatic rings. The number of nitrogens with zero attached hydrogens (tertiary/aromatic N) is 1. The first kappa shape index (κ1) is 10.9. The molecule has 0 spiro atoms. The number of aromatic nitrogens is 2. The number of nitrogens with two attached hydrogens (primary N) is 1. The van der Waals surface area contributed by atoms with Crippen molar-refractivity contribution in [2.45, 2.75) is 0 Å². The molecule has 0 unspecified atom stereocenters. The Morgan fingerprint density at radius 2 is 2.11 bits per heavy atom. The lowest BCUT2D eigenvalue weighted by Gasteiger charge is -2.11. The average Bonchev–Trinajstić information content (AvgIpc) is 2.81. The summed E-state index contributed by atoms with van der Waals surface area (Å²) in [5.74, 6) is 0. The van der Waals surface area contributed by atoms with Crippen LogP contribution in [-0.4, -0.2) is 9.97 Å². The largest absolute Gasteiger partial charge is 0.397 e. The zero-order chi connectivity index (χ0) is 12.5. The number of imidazole rings is 1. The van der Waals surface area contributed by atoms with E-state index in [-0.39, 0.29) is 0 Å². The fourth-order valence-electron chi connectivity index (χ4n) is 1.83. The van der Waals surface area contributed by atoms with Crippen LogP contribution in [-0.2, 0) is 0 Å². The molecule has 0 atom stereocenters. The molecule has 0 radical (unpaired) electrons. The molecule has 0 bridgehead atoms. The zero-order valence-corrected chi connectivity index (χ0v) is 10.2. The molecule has 1 heterocycles. The smallest absolute Gasteiger partial charge is 0.0931 e. The average molecular weight is 259 g/mol. The van der Waals surface area contributed by atoms with Crippen molar-refractivity contribution in [3.05, 3.63) is 47.7 Å². The van der Waals surface area contributed by atoms with Gasteiger partial charge in [-0.3, -0.25) is 0 Å². The summed E-state index contributed by atoms with van der Waals surface area (Å²) in [6.45, 7) is 0. The van der Waals surface area contributed by atoms with Crippen LogP contribution in [0, 0.1) is 0 Å². The molecule has 0 saturated heterocycles. The van der Waals surface area contributed by atoms with Gasteiger partial charge in [-0.25, -0.2) is 4.98 Å². The molecule has 0 saturated carbocycles. The Morgan fingerprint density at radius 3 is 2.94 bits per heavy atom. The van der Waals surface area contributed by atoms with E-state index in [1.54, 1.807) is 12.4 Å². The second-order valence-corrected chi connectivity index (χ2v) is 4.37. The number of nitrogens with one attached hydrogen (secondary N) is 2. The van der Waals surface area contributed by atoms with Gasteiger partial charge in [0.15, 0.2) is 0 Å². The maximum absolute atomic E-state index is 6.11. The van der Waals surface area contributed by atoms with E-state index in [9.17, 15) is 0 Å². The normalized spacial score (nSPS) is 10.7. The first-order chi connectivity index (χ1) is 8.74. The Bertz CT molecular complexity index is 685. The molecule has 0 amide bonds. The maximum Gasteiger partial charge on any atom is 0.0931 e. The highest BCUT2D eigenvalue weighted by Gasteiger charge is 2.05. The summed E-state index contributed by atoms with van der Waals surface area (Å²) in [4.78, 5) is 7.23. The number of hydrogen-bond donors (Lipinski definition) is 3. The predicted octanol–water partition coefficient (Wildman–Crippen LogP) is 3.54. The van der Waals surface area contributed by atoms with E-state index < -0.39 is 0 Å². The molecule has 90 valence electrons. The van der Waals surface area contributed by atoms with Crippen LogP contribution in [0.25, 0.3) is 11.0 Å². The van der Waals surface area contributed by atoms with Crippen LogP contribution in [0.4, 0.5) is 17.1 Å². The van der Waals surface area contributed by atoms with Gasteiger partial charge in [-0.1, -0.05) is 17.7 Å². The summed E-state index contributed by atoms with van der Waals surface area (Å²) in [6, 6.07) is 11.3. The van der Waals surface area contributed by atoms with Crippen molar-refractivity contribution in [2.75, 3.05) is 11.1 Å². The maximum atomic E-state index is 6.11. The molecule has 2 aromatic carbocycles. The Morgan fingerprint density at radius 1 is 1.22 bits per heavy atom. The van der Waals surface area contributed by atoms with E-state index in [1.807, 2.05) is 30.3 Å². The van der Waals surface area contributed by atoms with Crippen molar-refractivity contribution in [1.82, 2.24) is 9.97 Å². The molecule has 18 heavy (non-hydrogen) atoms. The molecular formula is C13H11ClN4. The van der Waals surface area contributed by atoms with E-state index in [2.05, 4.69) is 15.3 Å². The van der Waals surface area contributed by atoms with Crippen molar-refractivity contribution in [3.63, 3.8) is 0 Å². The summed E-state index contributed by atoms with van der Waals surface area (Å²) in [7, 11) is 0. The molecule has 0 aliphatic heterocycles. The Hall–Kier alpha value is -2.20. The number of H-pyrrole nitrogens is 1. The lowest BCUT2D eigenvalue weighted by Crippen LogP contribution is -1.96. The standard InChI is InChI=1S/C13H11ClN4/c14-9-2-1-3-10(15)13(9)18-8-4-5-11-12(6-8)17-7-16-11/h1-7,18H,15H2,(H,16,17). The number of halogens is 1. The zero-order valence-electron chi connectivity index (χ0n) is 9.44. The topological polar surface area (TPSA) is 66.7 Å². The van der Waals surface area contributed by atoms with Crippen molar-refractivity contribution in [1.29, 1.82) is 0 Å². The minimum atomic E-state index is 0.597. The highest BCUT2D eigenvalue weighted by Crippen LogP contribution is 2.31. The summed E-state index contributed by atoms with van der Waals surface area (Å²) >= 11 is 6.11. The fourth-order valence-corrected chi connectivity index (χ4v) is 2.06. The molecular weight excluding hydrogens is 248 g/mol. The monoisotopic (exact) mass is 258 g/mol. The summed E-state index contributed by atoms with van der Waals surface area (Å²) < 4.78 is 0. The number of anilines is 3. The van der Waals surface area contributed by atoms with Gasteiger partial charge in [-0.15, -0.1) is 0 Å². The molecule has 4 N–H and O–H groups in total. The van der Waals surface area contributed by atoms with Crippen LogP contribution < -0.4 is 11.1 Å². The third kappa shape index (κ3) is 1.87. The number of benzene rings is 2. The summed E-state index contributed by atoms with van der Waals surface area (Å²) in [5, 5.41) is 3.81. The number of rotatable bonds is 2. The van der Waals surface area contributed by atoms with E-state index in [4.69, 9.17) is 17.3 Å². The number of hydrogen-bond acceptors (Lipinski definition) is 3. The third-order valence-corrected chi connectivity index (χ3v) is 3.05. The van der Waals surface area contributed by atoms with Crippen molar-refractivity contribution >= 4 is 39.7 Å². The number of para-hydroxylation sites is 1. The first-order valence-electron chi connectivity index (χ1n) is 5.48. The van der Waals surface area contributed by atoms with Gasteiger partial charge in [-0.05, 0) is 30.3 Å². The molecule has 1 aromatic heterocycles. The van der Waals surface area contributed by atoms with Crippen molar-refractivity contribution in [3.8, 4) is 0 Å². The highest BCUT2D eigenvalue weighted by molar-refractivity contribution is 6.34. The van der Waals surface area contributed by atoms with Crippen LogP contribution in [0.5, 0.6) is 0 Å².